The molecule has 0 fully saturated rings. The molecule has 1 unspecified atom stereocenters. The van der Waals surface area contributed by atoms with Gasteiger partial charge in [-0.05, 0) is 29.5 Å². The van der Waals surface area contributed by atoms with Gasteiger partial charge in [-0.25, -0.2) is 0 Å². The van der Waals surface area contributed by atoms with E-state index >= 15 is 0 Å². The van der Waals surface area contributed by atoms with E-state index in [0.717, 1.165) is 12.8 Å². The molecule has 0 spiro atoms. The van der Waals surface area contributed by atoms with Crippen molar-refractivity contribution in [1.82, 2.24) is 0 Å². The van der Waals surface area contributed by atoms with Crippen LogP contribution in [0.15, 0.2) is 66.7 Å². The molecule has 1 aliphatic heterocycles. The number of aliphatic hydroxyl groups is 1. The van der Waals surface area contributed by atoms with E-state index in [1.807, 2.05) is 0 Å². The SMILES string of the molecule is C[Si]1(C)c2cc3c([cH-]c4ccccc43)c(C3C=C(CCCO)c4ccccc43)c21.[Cl-].[Cl-].[Zr+3]. The fraction of sp³-hybridized carbons (Fsp3) is 0.222. The van der Waals surface area contributed by atoms with E-state index < -0.39 is 8.07 Å². The molecule has 4 aromatic carbocycles. The zero-order valence-electron chi connectivity index (χ0n) is 18.3. The Balaban J connectivity index is 0.000000963. The second-order valence-electron chi connectivity index (χ2n) is 9.11. The number of hydrogen-bond acceptors (Lipinski definition) is 1. The summed E-state index contributed by atoms with van der Waals surface area (Å²) in [7, 11) is -1.43. The Bertz CT molecular complexity index is 1340. The van der Waals surface area contributed by atoms with E-state index in [1.54, 1.807) is 15.9 Å². The summed E-state index contributed by atoms with van der Waals surface area (Å²) < 4.78 is 0. The quantitative estimate of drug-likeness (QED) is 0.257. The average molecular weight is 556 g/mol. The molecule has 1 heterocycles. The molecule has 2 aliphatic rings. The Morgan fingerprint density at radius 3 is 2.47 bits per heavy atom. The van der Waals surface area contributed by atoms with E-state index in [1.165, 1.54) is 38.2 Å². The summed E-state index contributed by atoms with van der Waals surface area (Å²) in [5.41, 5.74) is 5.79. The Kier molecular flexibility index (Phi) is 7.40. The Morgan fingerprint density at radius 1 is 0.969 bits per heavy atom. The zero-order chi connectivity index (χ0) is 19.8. The monoisotopic (exact) mass is 553 g/mol. The Hall–Kier alpha value is -1.09. The van der Waals surface area contributed by atoms with Gasteiger partial charge in [0.1, 0.15) is 8.07 Å². The van der Waals surface area contributed by atoms with Gasteiger partial charge in [-0.3, -0.25) is 0 Å². The van der Waals surface area contributed by atoms with Gasteiger partial charge < -0.3 is 29.9 Å². The van der Waals surface area contributed by atoms with Crippen molar-refractivity contribution in [3.63, 3.8) is 0 Å². The second-order valence-corrected chi connectivity index (χ2v) is 13.4. The van der Waals surface area contributed by atoms with Crippen molar-refractivity contribution >= 4 is 45.6 Å². The molecular formula is C27H25Cl2OSiZr. The normalized spacial score (nSPS) is 17.0. The van der Waals surface area contributed by atoms with Crippen molar-refractivity contribution in [3.8, 4) is 0 Å². The fourth-order valence-corrected chi connectivity index (χ4v) is 9.05. The van der Waals surface area contributed by atoms with Crippen LogP contribution in [0, 0.1) is 0 Å². The first kappa shape index (κ1) is 25.5. The van der Waals surface area contributed by atoms with Crippen LogP contribution in [0.1, 0.15) is 35.4 Å². The van der Waals surface area contributed by atoms with Crippen LogP contribution in [0.5, 0.6) is 0 Å². The number of aliphatic hydroxyl groups excluding tert-OH is 1. The maximum atomic E-state index is 9.38. The third-order valence-corrected chi connectivity index (χ3v) is 10.4. The predicted molar refractivity (Wildman–Crippen MR) is 126 cm³/mol. The molecule has 1 nitrogen and oxygen atoms in total. The second kappa shape index (κ2) is 9.28. The molecule has 5 heteroatoms. The molecule has 1 radical (unpaired) electrons. The van der Waals surface area contributed by atoms with E-state index in [2.05, 4.69) is 79.8 Å². The molecule has 161 valence electrons. The first-order valence-electron chi connectivity index (χ1n) is 10.7. The Morgan fingerprint density at radius 2 is 1.69 bits per heavy atom. The summed E-state index contributed by atoms with van der Waals surface area (Å²) in [5, 5.41) is 18.3. The minimum absolute atomic E-state index is 0. The maximum Gasteiger partial charge on any atom is 3.00 e. The van der Waals surface area contributed by atoms with Crippen LogP contribution in [0.4, 0.5) is 0 Å². The molecule has 0 saturated heterocycles. The summed E-state index contributed by atoms with van der Waals surface area (Å²) in [6.45, 7) is 5.25. The van der Waals surface area contributed by atoms with Crippen molar-refractivity contribution in [1.29, 1.82) is 0 Å². The van der Waals surface area contributed by atoms with Gasteiger partial charge in [0.2, 0.25) is 0 Å². The van der Waals surface area contributed by atoms with Crippen molar-refractivity contribution < 1.29 is 56.1 Å². The predicted octanol–water partition coefficient (Wildman–Crippen LogP) is -0.845. The van der Waals surface area contributed by atoms with Crippen LogP contribution >= 0.6 is 0 Å². The number of hydrogen-bond donors (Lipinski definition) is 1. The minimum Gasteiger partial charge on any atom is -1.00 e. The van der Waals surface area contributed by atoms with E-state index in [9.17, 15) is 5.11 Å². The molecule has 0 bridgehead atoms. The van der Waals surface area contributed by atoms with Gasteiger partial charge in [-0.1, -0.05) is 83.6 Å². The van der Waals surface area contributed by atoms with Crippen LogP contribution in [-0.4, -0.2) is 19.8 Å². The summed E-state index contributed by atoms with van der Waals surface area (Å²) in [5.74, 6) is 0.337. The molecular weight excluding hydrogens is 531 g/mol. The van der Waals surface area contributed by atoms with Gasteiger partial charge >= 0.3 is 26.2 Å². The van der Waals surface area contributed by atoms with Crippen molar-refractivity contribution in [3.05, 3.63) is 83.4 Å². The molecule has 32 heavy (non-hydrogen) atoms. The molecule has 0 amide bonds. The summed E-state index contributed by atoms with van der Waals surface area (Å²) in [6, 6.07) is 22.6. The molecule has 4 aromatic rings. The van der Waals surface area contributed by atoms with Crippen LogP contribution in [0.3, 0.4) is 0 Å². The van der Waals surface area contributed by atoms with Crippen molar-refractivity contribution in [2.75, 3.05) is 6.61 Å². The molecule has 0 aromatic heterocycles. The van der Waals surface area contributed by atoms with E-state index in [4.69, 9.17) is 0 Å². The third-order valence-electron chi connectivity index (χ3n) is 7.12. The molecule has 1 N–H and O–H groups in total. The maximum absolute atomic E-state index is 9.38. The van der Waals surface area contributed by atoms with Gasteiger partial charge in [-0.2, -0.15) is 0 Å². The average Bonchev–Trinajstić information content (AvgIpc) is 3.05. The fourth-order valence-electron chi connectivity index (χ4n) is 5.63. The van der Waals surface area contributed by atoms with Gasteiger partial charge in [-0.15, -0.1) is 33.7 Å². The van der Waals surface area contributed by atoms with Crippen molar-refractivity contribution in [2.45, 2.75) is 31.9 Å². The van der Waals surface area contributed by atoms with Crippen LogP contribution < -0.4 is 35.2 Å². The summed E-state index contributed by atoms with van der Waals surface area (Å²) in [4.78, 5) is 0. The summed E-state index contributed by atoms with van der Waals surface area (Å²) in [6.07, 6.45) is 4.28. The van der Waals surface area contributed by atoms with E-state index in [0.29, 0.717) is 5.92 Å². The standard InChI is InChI=1S/C27H25OSi.2ClH.Zr/c1-29(2)25-16-22-20-11-4-3-8-17(20)15-24(22)26(27(25)29)23-14-18(9-7-13-28)19-10-5-6-12-21(19)23;;;/h3-6,8,10-12,14-16,23,28H,7,9,13H2,1-2H3;2*1H;/q-1;;;+3/p-2. The van der Waals surface area contributed by atoms with Crippen molar-refractivity contribution in [2.24, 2.45) is 0 Å². The first-order chi connectivity index (χ1) is 14.1. The first-order valence-corrected chi connectivity index (χ1v) is 13.7. The van der Waals surface area contributed by atoms with E-state index in [-0.39, 0.29) is 57.6 Å². The van der Waals surface area contributed by atoms with Crippen LogP contribution in [0.25, 0.3) is 27.1 Å². The van der Waals surface area contributed by atoms with Gasteiger partial charge in [0.05, 0.1) is 0 Å². The third kappa shape index (κ3) is 3.62. The number of allylic oxidation sites excluding steroid dienone is 2. The smallest absolute Gasteiger partial charge is 1.00 e. The van der Waals surface area contributed by atoms with Gasteiger partial charge in [0.25, 0.3) is 0 Å². The van der Waals surface area contributed by atoms with Gasteiger partial charge in [0, 0.05) is 12.5 Å². The molecule has 0 saturated carbocycles. The van der Waals surface area contributed by atoms with Gasteiger partial charge in [0.15, 0.2) is 0 Å². The topological polar surface area (TPSA) is 20.2 Å². The van der Waals surface area contributed by atoms with Crippen LogP contribution in [0.2, 0.25) is 13.1 Å². The molecule has 6 rings (SSSR count). The molecule has 1 atom stereocenters. The van der Waals surface area contributed by atoms with Crippen LogP contribution in [-0.2, 0) is 26.2 Å². The number of benzene rings is 3. The minimum atomic E-state index is -1.43. The number of rotatable bonds is 4. The molecule has 1 aliphatic carbocycles. The summed E-state index contributed by atoms with van der Waals surface area (Å²) >= 11 is 0. The zero-order valence-corrected chi connectivity index (χ0v) is 23.2. The Labute approximate surface area is 222 Å². The number of halogens is 2. The number of fused-ring (bicyclic) bond motifs is 5. The largest absolute Gasteiger partial charge is 3.00 e.